The summed E-state index contributed by atoms with van der Waals surface area (Å²) >= 11 is 9.63. The normalized spacial score (nSPS) is 17.0. The zero-order chi connectivity index (χ0) is 21.1. The minimum atomic E-state index is 0.220. The number of rotatable bonds is 15. The third-order valence-corrected chi connectivity index (χ3v) is 13.8. The van der Waals surface area contributed by atoms with Gasteiger partial charge in [0.2, 0.25) is 0 Å². The van der Waals surface area contributed by atoms with Crippen molar-refractivity contribution in [2.75, 3.05) is 0 Å². The summed E-state index contributed by atoms with van der Waals surface area (Å²) in [4.78, 5) is 3.12. The van der Waals surface area contributed by atoms with Crippen LogP contribution in [0.15, 0.2) is 30.9 Å². The number of allylic oxidation sites excluding steroid dienone is 2. The first-order valence-corrected chi connectivity index (χ1v) is 17.0. The van der Waals surface area contributed by atoms with Crippen molar-refractivity contribution in [1.82, 2.24) is 0 Å². The quantitative estimate of drug-likeness (QED) is 0.144. The smallest absolute Gasteiger partial charge is 0.0705 e. The Balaban J connectivity index is 2.06. The molecule has 0 nitrogen and oxygen atoms in total. The summed E-state index contributed by atoms with van der Waals surface area (Å²) in [7, 11) is 2.40. The minimum Gasteiger partial charge on any atom is -0.150 e. The molecule has 0 fully saturated rings. The maximum atomic E-state index is 4.04. The fraction of sp³-hybridized carbons (Fsp3) is 0.667. The van der Waals surface area contributed by atoms with Crippen molar-refractivity contribution < 1.29 is 0 Å². The summed E-state index contributed by atoms with van der Waals surface area (Å²) in [5, 5.41) is 0. The third kappa shape index (κ3) is 8.29. The maximum Gasteiger partial charge on any atom is 0.0705 e. The van der Waals surface area contributed by atoms with Gasteiger partial charge in [-0.25, -0.2) is 0 Å². The Labute approximate surface area is 205 Å². The molecule has 5 heteroatoms. The molecule has 0 bridgehead atoms. The molecular weight excluding hydrogens is 540 g/mol. The van der Waals surface area contributed by atoms with Gasteiger partial charge in [0.05, 0.1) is 3.79 Å². The predicted octanol–water partition coefficient (Wildman–Crippen LogP) is 10.2. The Kier molecular flexibility index (Phi) is 13.2. The lowest BCUT2D eigenvalue weighted by molar-refractivity contribution is 0.598. The number of thiophene rings is 1. The topological polar surface area (TPSA) is 0 Å². The van der Waals surface area contributed by atoms with Crippen LogP contribution in [0, 0.1) is 0 Å². The number of unbranched alkanes of at least 4 members (excludes halogenated alkanes) is 10. The molecule has 1 aliphatic rings. The summed E-state index contributed by atoms with van der Waals surface area (Å²) in [6, 6.07) is 4.54. The number of hydrogen-bond acceptors (Lipinski definition) is 1. The second-order valence-electron chi connectivity index (χ2n) is 8.09. The van der Waals surface area contributed by atoms with Crippen molar-refractivity contribution in [2.24, 2.45) is 0 Å². The lowest BCUT2D eigenvalue weighted by atomic mass is 9.95. The van der Waals surface area contributed by atoms with Gasteiger partial charge >= 0.3 is 0 Å². The van der Waals surface area contributed by atoms with E-state index in [1.54, 1.807) is 16.1 Å². The van der Waals surface area contributed by atoms with Crippen LogP contribution in [0.5, 0.6) is 0 Å². The zero-order valence-electron chi connectivity index (χ0n) is 18.3. The van der Waals surface area contributed by atoms with Gasteiger partial charge in [0.1, 0.15) is 0 Å². The fourth-order valence-corrected chi connectivity index (χ4v) is 10.1. The largest absolute Gasteiger partial charge is 0.150 e. The summed E-state index contributed by atoms with van der Waals surface area (Å²) in [6.07, 6.45) is 19.0. The molecule has 0 N–H and O–H groups in total. The Morgan fingerprint density at radius 1 is 0.759 bits per heavy atom. The van der Waals surface area contributed by atoms with Crippen molar-refractivity contribution in [1.29, 1.82) is 0 Å². The lowest BCUT2D eigenvalue weighted by Gasteiger charge is -2.12. The van der Waals surface area contributed by atoms with Gasteiger partial charge in [-0.3, -0.25) is 0 Å². The molecule has 2 heterocycles. The molecule has 1 atom stereocenters. The van der Waals surface area contributed by atoms with E-state index >= 15 is 0 Å². The van der Waals surface area contributed by atoms with Gasteiger partial charge in [-0.15, -0.1) is 21.2 Å². The molecule has 0 radical (unpaired) electrons. The highest BCUT2D eigenvalue weighted by molar-refractivity contribution is 9.14. The molecule has 29 heavy (non-hydrogen) atoms. The highest BCUT2D eigenvalue weighted by Crippen LogP contribution is 2.56. The number of hydrogen-bond donors (Lipinski definition) is 0. The number of halogens is 2. The zero-order valence-corrected chi connectivity index (χ0v) is 24.6. The van der Waals surface area contributed by atoms with Crippen LogP contribution in [-0.2, 0) is 0 Å². The van der Waals surface area contributed by atoms with Crippen LogP contribution >= 0.6 is 53.1 Å². The molecule has 1 aromatic rings. The van der Waals surface area contributed by atoms with E-state index in [-0.39, 0.29) is 9.89 Å². The molecule has 1 aliphatic heterocycles. The second kappa shape index (κ2) is 14.7. The van der Waals surface area contributed by atoms with Crippen molar-refractivity contribution in [2.45, 2.75) is 104 Å². The standard InChI is InChI=1S/C24H38Br2S2Si/c1-3-5-7-9-11-13-15-19-20(16-14-12-10-8-6-4-2)24(26)28(29)23(19)21-17-18-22(25)27-21/h17-18H,3-16,29H2,1-2H3. The highest BCUT2D eigenvalue weighted by Gasteiger charge is 2.26. The van der Waals surface area contributed by atoms with E-state index < -0.39 is 0 Å². The second-order valence-corrected chi connectivity index (χ2v) is 15.2. The van der Waals surface area contributed by atoms with E-state index in [4.69, 9.17) is 0 Å². The average molecular weight is 579 g/mol. The molecule has 0 saturated heterocycles. The molecule has 0 aliphatic carbocycles. The van der Waals surface area contributed by atoms with Crippen LogP contribution in [-0.4, -0.2) is 8.95 Å². The maximum absolute atomic E-state index is 4.04. The van der Waals surface area contributed by atoms with E-state index in [0.717, 1.165) is 0 Å². The average Bonchev–Trinajstić information content (AvgIpc) is 3.23. The van der Waals surface area contributed by atoms with Gasteiger partial charge in [0.15, 0.2) is 0 Å². The summed E-state index contributed by atoms with van der Waals surface area (Å²) in [6.45, 7) is 4.60. The van der Waals surface area contributed by atoms with Crippen molar-refractivity contribution in [3.63, 3.8) is 0 Å². The van der Waals surface area contributed by atoms with Gasteiger partial charge in [-0.2, -0.15) is 0 Å². The van der Waals surface area contributed by atoms with Crippen LogP contribution in [0.1, 0.15) is 109 Å². The minimum absolute atomic E-state index is 0.220. The van der Waals surface area contributed by atoms with Gasteiger partial charge in [0.25, 0.3) is 0 Å². The van der Waals surface area contributed by atoms with Crippen molar-refractivity contribution >= 4 is 66.9 Å². The molecule has 0 saturated carbocycles. The van der Waals surface area contributed by atoms with Gasteiger partial charge in [-0.1, -0.05) is 78.1 Å². The predicted molar refractivity (Wildman–Crippen MR) is 147 cm³/mol. The monoisotopic (exact) mass is 576 g/mol. The SMILES string of the molecule is CCCCCCCCC1=C(Br)S(=[SiH2])C(c2ccc(Br)s2)=C1CCCCCCCC. The molecule has 0 spiro atoms. The van der Waals surface area contributed by atoms with E-state index in [2.05, 4.69) is 66.8 Å². The van der Waals surface area contributed by atoms with Crippen LogP contribution < -0.4 is 0 Å². The fourth-order valence-electron chi connectivity index (χ4n) is 4.03. The van der Waals surface area contributed by atoms with E-state index in [0.29, 0.717) is 0 Å². The summed E-state index contributed by atoms with van der Waals surface area (Å²) < 4.78 is 2.75. The lowest BCUT2D eigenvalue weighted by Crippen LogP contribution is -1.92. The van der Waals surface area contributed by atoms with Crippen LogP contribution in [0.2, 0.25) is 0 Å². The third-order valence-electron chi connectivity index (χ3n) is 5.70. The summed E-state index contributed by atoms with van der Waals surface area (Å²) in [5.41, 5.74) is 3.35. The molecular formula is C24H38Br2S2Si. The van der Waals surface area contributed by atoms with Crippen LogP contribution in [0.3, 0.4) is 0 Å². The Bertz CT molecular complexity index is 718. The Morgan fingerprint density at radius 2 is 1.28 bits per heavy atom. The van der Waals surface area contributed by atoms with Crippen molar-refractivity contribution in [3.05, 3.63) is 35.8 Å². The summed E-state index contributed by atoms with van der Waals surface area (Å²) in [5.74, 6) is 0. The van der Waals surface area contributed by atoms with Gasteiger partial charge < -0.3 is 0 Å². The first-order valence-electron chi connectivity index (χ1n) is 11.5. The first kappa shape index (κ1) is 26.0. The van der Waals surface area contributed by atoms with Crippen LogP contribution in [0.4, 0.5) is 0 Å². The first-order chi connectivity index (χ1) is 14.1. The molecule has 1 unspecified atom stereocenters. The molecule has 2 rings (SSSR count). The van der Waals surface area contributed by atoms with Crippen LogP contribution in [0.25, 0.3) is 4.91 Å². The van der Waals surface area contributed by atoms with E-state index in [1.165, 1.54) is 102 Å². The highest BCUT2D eigenvalue weighted by atomic mass is 79.9. The van der Waals surface area contributed by atoms with Gasteiger partial charge in [0, 0.05) is 22.5 Å². The van der Waals surface area contributed by atoms with E-state index in [1.807, 2.05) is 11.3 Å². The van der Waals surface area contributed by atoms with Crippen molar-refractivity contribution in [3.8, 4) is 0 Å². The Morgan fingerprint density at radius 3 is 1.79 bits per heavy atom. The molecule has 0 aromatic carbocycles. The molecule has 0 amide bonds. The molecule has 1 aromatic heterocycles. The molecule has 164 valence electrons. The van der Waals surface area contributed by atoms with E-state index in [9.17, 15) is 0 Å². The Hall–Kier alpha value is 0.707. The van der Waals surface area contributed by atoms with Gasteiger partial charge in [-0.05, 0) is 80.8 Å².